The molecule has 7 nitrogen and oxygen atoms in total. The molecule has 0 aromatic carbocycles. The first-order chi connectivity index (χ1) is 10.6. The largest absolute Gasteiger partial charge is 0.383 e. The fourth-order valence-corrected chi connectivity index (χ4v) is 2.34. The van der Waals surface area contributed by atoms with Crippen molar-refractivity contribution < 1.29 is 4.74 Å². The Hall–Kier alpha value is -1.70. The van der Waals surface area contributed by atoms with Gasteiger partial charge in [0.2, 0.25) is 0 Å². The number of aromatic amines is 1. The summed E-state index contributed by atoms with van der Waals surface area (Å²) in [4.78, 5) is 4.57. The van der Waals surface area contributed by atoms with Crippen LogP contribution in [0.4, 0.5) is 0 Å². The fraction of sp³-hybridized carbons (Fsp3) is 0.600. The number of ether oxygens (including phenoxy) is 1. The van der Waals surface area contributed by atoms with Crippen LogP contribution in [0.1, 0.15) is 5.56 Å². The highest BCUT2D eigenvalue weighted by Crippen LogP contribution is 2.21. The summed E-state index contributed by atoms with van der Waals surface area (Å²) in [6.45, 7) is 4.48. The molecule has 0 aliphatic heterocycles. The van der Waals surface area contributed by atoms with Gasteiger partial charge in [-0.15, -0.1) is 0 Å². The summed E-state index contributed by atoms with van der Waals surface area (Å²) < 4.78 is 7.08. The molecule has 0 spiro atoms. The number of aryl methyl sites for hydroxylation is 1. The first-order valence-electron chi connectivity index (χ1n) is 7.48. The van der Waals surface area contributed by atoms with Gasteiger partial charge in [-0.25, -0.2) is 0 Å². The topological polar surface area (TPSA) is 62.2 Å². The number of methoxy groups -OCH3 is 1. The van der Waals surface area contributed by atoms with E-state index in [9.17, 15) is 0 Å². The molecule has 2 rings (SSSR count). The molecule has 1 N–H and O–H groups in total. The van der Waals surface area contributed by atoms with E-state index in [1.165, 1.54) is 5.56 Å². The monoisotopic (exact) mass is 306 g/mol. The smallest absolute Gasteiger partial charge is 0.0876 e. The summed E-state index contributed by atoms with van der Waals surface area (Å²) in [5.74, 6) is 0. The number of aromatic nitrogens is 4. The first-order valence-corrected chi connectivity index (χ1v) is 7.48. The van der Waals surface area contributed by atoms with Crippen LogP contribution in [0.15, 0.2) is 18.5 Å². The number of H-pyrrole nitrogens is 1. The third-order valence-electron chi connectivity index (χ3n) is 3.66. The third-order valence-corrected chi connectivity index (χ3v) is 3.66. The van der Waals surface area contributed by atoms with Crippen molar-refractivity contribution in [2.24, 2.45) is 7.05 Å². The van der Waals surface area contributed by atoms with E-state index in [0.717, 1.165) is 44.2 Å². The molecule has 0 aliphatic carbocycles. The van der Waals surface area contributed by atoms with E-state index in [-0.39, 0.29) is 0 Å². The minimum Gasteiger partial charge on any atom is -0.383 e. The van der Waals surface area contributed by atoms with Crippen molar-refractivity contribution in [1.29, 1.82) is 0 Å². The van der Waals surface area contributed by atoms with Crippen molar-refractivity contribution >= 4 is 0 Å². The van der Waals surface area contributed by atoms with Crippen molar-refractivity contribution in [3.8, 4) is 11.4 Å². The Balaban J connectivity index is 2.09. The van der Waals surface area contributed by atoms with Crippen LogP contribution in [-0.2, 0) is 18.3 Å². The van der Waals surface area contributed by atoms with E-state index >= 15 is 0 Å². The van der Waals surface area contributed by atoms with Crippen LogP contribution in [0.5, 0.6) is 0 Å². The molecule has 2 aromatic rings. The van der Waals surface area contributed by atoms with E-state index in [2.05, 4.69) is 39.2 Å². The highest BCUT2D eigenvalue weighted by molar-refractivity contribution is 5.58. The van der Waals surface area contributed by atoms with Gasteiger partial charge in [-0.3, -0.25) is 14.7 Å². The molecule has 122 valence electrons. The van der Waals surface area contributed by atoms with Crippen molar-refractivity contribution in [3.63, 3.8) is 0 Å². The molecule has 22 heavy (non-hydrogen) atoms. The molecule has 0 radical (unpaired) electrons. The predicted octanol–water partition coefficient (Wildman–Crippen LogP) is 0.820. The SMILES string of the molecule is COCCN(CCN(C)C)Cc1cn[nH]c1-c1ccnn1C. The molecule has 0 atom stereocenters. The molecule has 0 saturated carbocycles. The lowest BCUT2D eigenvalue weighted by molar-refractivity contribution is 0.138. The number of nitrogens with one attached hydrogen (secondary N) is 1. The minimum absolute atomic E-state index is 0.728. The second kappa shape index (κ2) is 8.07. The van der Waals surface area contributed by atoms with Gasteiger partial charge in [-0.05, 0) is 20.2 Å². The molecule has 0 aliphatic rings. The number of rotatable bonds is 9. The zero-order valence-electron chi connectivity index (χ0n) is 13.9. The summed E-state index contributed by atoms with van der Waals surface area (Å²) >= 11 is 0. The average molecular weight is 306 g/mol. The molecule has 2 heterocycles. The van der Waals surface area contributed by atoms with Crippen LogP contribution in [0.3, 0.4) is 0 Å². The van der Waals surface area contributed by atoms with Gasteiger partial charge < -0.3 is 9.64 Å². The molecular weight excluding hydrogens is 280 g/mol. The summed E-state index contributed by atoms with van der Waals surface area (Å²) in [7, 11) is 7.86. The third kappa shape index (κ3) is 4.40. The maximum atomic E-state index is 5.23. The van der Waals surface area contributed by atoms with Crippen LogP contribution in [0, 0.1) is 0 Å². The predicted molar refractivity (Wildman–Crippen MR) is 86.5 cm³/mol. The highest BCUT2D eigenvalue weighted by atomic mass is 16.5. The lowest BCUT2D eigenvalue weighted by Gasteiger charge is -2.23. The van der Waals surface area contributed by atoms with Crippen LogP contribution in [0.25, 0.3) is 11.4 Å². The van der Waals surface area contributed by atoms with Crippen molar-refractivity contribution in [2.45, 2.75) is 6.54 Å². The van der Waals surface area contributed by atoms with Gasteiger partial charge in [0.05, 0.1) is 24.2 Å². The fourth-order valence-electron chi connectivity index (χ4n) is 2.34. The number of nitrogens with zero attached hydrogens (tertiary/aromatic N) is 5. The Morgan fingerprint density at radius 1 is 1.27 bits per heavy atom. The van der Waals surface area contributed by atoms with Crippen molar-refractivity contribution in [1.82, 2.24) is 29.8 Å². The maximum absolute atomic E-state index is 5.23. The Morgan fingerprint density at radius 2 is 2.09 bits per heavy atom. The molecule has 0 saturated heterocycles. The Labute approximate surface area is 131 Å². The standard InChI is InChI=1S/C15H26N6O/c1-19(2)7-8-21(9-10-22-4)12-13-11-16-18-15(13)14-5-6-17-20(14)3/h5-6,11H,7-10,12H2,1-4H3,(H,16,18). The Morgan fingerprint density at radius 3 is 2.73 bits per heavy atom. The van der Waals surface area contributed by atoms with E-state index in [1.807, 2.05) is 24.0 Å². The highest BCUT2D eigenvalue weighted by Gasteiger charge is 2.14. The normalized spacial score (nSPS) is 11.7. The summed E-state index contributed by atoms with van der Waals surface area (Å²) in [6.07, 6.45) is 3.70. The second-order valence-electron chi connectivity index (χ2n) is 5.68. The summed E-state index contributed by atoms with van der Waals surface area (Å²) in [5.41, 5.74) is 3.26. The maximum Gasteiger partial charge on any atom is 0.0876 e. The van der Waals surface area contributed by atoms with Crippen LogP contribution in [0.2, 0.25) is 0 Å². The molecule has 0 amide bonds. The average Bonchev–Trinajstić information content (AvgIpc) is 3.10. The van der Waals surface area contributed by atoms with Gasteiger partial charge >= 0.3 is 0 Å². The van der Waals surface area contributed by atoms with Crippen molar-refractivity contribution in [3.05, 3.63) is 24.0 Å². The Bertz CT molecular complexity index is 562. The Kier molecular flexibility index (Phi) is 6.11. The van der Waals surface area contributed by atoms with Crippen LogP contribution < -0.4 is 0 Å². The molecule has 2 aromatic heterocycles. The lowest BCUT2D eigenvalue weighted by atomic mass is 10.2. The number of hydrogen-bond acceptors (Lipinski definition) is 5. The van der Waals surface area contributed by atoms with E-state index in [0.29, 0.717) is 0 Å². The second-order valence-corrected chi connectivity index (χ2v) is 5.68. The first kappa shape index (κ1) is 16.7. The van der Waals surface area contributed by atoms with Gasteiger partial charge in [-0.2, -0.15) is 10.2 Å². The van der Waals surface area contributed by atoms with Gasteiger partial charge in [0.25, 0.3) is 0 Å². The molecule has 7 heteroatoms. The molecule has 0 unspecified atom stereocenters. The zero-order chi connectivity index (χ0) is 15.9. The van der Waals surface area contributed by atoms with Gasteiger partial charge in [-0.1, -0.05) is 0 Å². The van der Waals surface area contributed by atoms with Crippen LogP contribution >= 0.6 is 0 Å². The van der Waals surface area contributed by atoms with Crippen LogP contribution in [-0.4, -0.2) is 77.2 Å². The lowest BCUT2D eigenvalue weighted by Crippen LogP contribution is -2.33. The molecule has 0 bridgehead atoms. The van der Waals surface area contributed by atoms with Gasteiger partial charge in [0.1, 0.15) is 0 Å². The van der Waals surface area contributed by atoms with E-state index < -0.39 is 0 Å². The number of likely N-dealkylation sites (N-methyl/N-ethyl adjacent to an activating group) is 1. The van der Waals surface area contributed by atoms with E-state index in [1.54, 1.807) is 13.3 Å². The molecular formula is C15H26N6O. The number of hydrogen-bond donors (Lipinski definition) is 1. The minimum atomic E-state index is 0.728. The quantitative estimate of drug-likeness (QED) is 0.743. The van der Waals surface area contributed by atoms with Crippen molar-refractivity contribution in [2.75, 3.05) is 47.4 Å². The summed E-state index contributed by atoms with van der Waals surface area (Å²) in [6, 6.07) is 2.00. The van der Waals surface area contributed by atoms with Gasteiger partial charge in [0.15, 0.2) is 0 Å². The van der Waals surface area contributed by atoms with E-state index in [4.69, 9.17) is 4.74 Å². The molecule has 0 fully saturated rings. The zero-order valence-corrected chi connectivity index (χ0v) is 13.9. The summed E-state index contributed by atoms with van der Waals surface area (Å²) in [5, 5.41) is 11.5. The van der Waals surface area contributed by atoms with Gasteiger partial charge in [0, 0.05) is 52.1 Å².